The maximum atomic E-state index is 12.5. The minimum absolute atomic E-state index is 0.275. The molecule has 2 aromatic carbocycles. The number of aromatic nitrogens is 2. The molecular weight excluding hydrogens is 276 g/mol. The number of hydrogen-bond acceptors (Lipinski definition) is 3. The molecule has 22 heavy (non-hydrogen) atoms. The van der Waals surface area contributed by atoms with E-state index in [2.05, 4.69) is 5.10 Å². The van der Waals surface area contributed by atoms with Crippen LogP contribution >= 0.6 is 0 Å². The average Bonchev–Trinajstić information content (AvgIpc) is 2.58. The van der Waals surface area contributed by atoms with E-state index in [1.165, 1.54) is 4.68 Å². The first kappa shape index (κ1) is 14.2. The second-order valence-electron chi connectivity index (χ2n) is 5.05. The molecule has 110 valence electrons. The Labute approximate surface area is 128 Å². The summed E-state index contributed by atoms with van der Waals surface area (Å²) in [5.74, 6) is 0. The molecule has 1 heterocycles. The van der Waals surface area contributed by atoms with Crippen LogP contribution < -0.4 is 5.56 Å². The van der Waals surface area contributed by atoms with Gasteiger partial charge < -0.3 is 5.11 Å². The van der Waals surface area contributed by atoms with Crippen molar-refractivity contribution in [1.29, 1.82) is 0 Å². The summed E-state index contributed by atoms with van der Waals surface area (Å²) in [4.78, 5) is 12.5. The first-order valence-electron chi connectivity index (χ1n) is 7.08. The van der Waals surface area contributed by atoms with Gasteiger partial charge in [0, 0.05) is 6.20 Å². The molecule has 0 amide bonds. The number of nitrogens with zero attached hydrogens (tertiary/aromatic N) is 2. The zero-order valence-corrected chi connectivity index (χ0v) is 12.0. The second-order valence-corrected chi connectivity index (χ2v) is 5.05. The van der Waals surface area contributed by atoms with Crippen molar-refractivity contribution in [2.75, 3.05) is 0 Å². The van der Waals surface area contributed by atoms with Crippen molar-refractivity contribution in [3.63, 3.8) is 0 Å². The van der Waals surface area contributed by atoms with Crippen LogP contribution in [0.2, 0.25) is 0 Å². The lowest BCUT2D eigenvalue weighted by molar-refractivity contribution is 0.217. The number of hydrogen-bond donors (Lipinski definition) is 1. The van der Waals surface area contributed by atoms with E-state index in [0.29, 0.717) is 17.7 Å². The highest BCUT2D eigenvalue weighted by molar-refractivity contribution is 5.27. The molecule has 0 saturated carbocycles. The van der Waals surface area contributed by atoms with Crippen molar-refractivity contribution in [2.45, 2.75) is 12.6 Å². The van der Waals surface area contributed by atoms with Gasteiger partial charge in [-0.2, -0.15) is 5.10 Å². The molecule has 0 aliphatic carbocycles. The molecule has 1 unspecified atom stereocenters. The Kier molecular flexibility index (Phi) is 4.12. The van der Waals surface area contributed by atoms with Crippen molar-refractivity contribution < 1.29 is 5.11 Å². The van der Waals surface area contributed by atoms with Gasteiger partial charge in [-0.1, -0.05) is 60.7 Å². The van der Waals surface area contributed by atoms with E-state index in [0.717, 1.165) is 5.56 Å². The average molecular weight is 292 g/mol. The Morgan fingerprint density at radius 3 is 2.27 bits per heavy atom. The van der Waals surface area contributed by atoms with Gasteiger partial charge in [-0.25, -0.2) is 4.68 Å². The third-order valence-electron chi connectivity index (χ3n) is 3.53. The van der Waals surface area contributed by atoms with Gasteiger partial charge in [-0.05, 0) is 17.2 Å². The van der Waals surface area contributed by atoms with E-state index in [4.69, 9.17) is 0 Å². The van der Waals surface area contributed by atoms with Crippen LogP contribution in [0.1, 0.15) is 22.8 Å². The van der Waals surface area contributed by atoms with E-state index in [1.807, 2.05) is 48.5 Å². The summed E-state index contributed by atoms with van der Waals surface area (Å²) in [7, 11) is 0. The summed E-state index contributed by atoms with van der Waals surface area (Å²) in [6, 6.07) is 20.4. The fraction of sp³-hybridized carbons (Fsp3) is 0.111. The summed E-state index contributed by atoms with van der Waals surface area (Å²) in [5, 5.41) is 14.5. The summed E-state index contributed by atoms with van der Waals surface area (Å²) in [6.45, 7) is 0.384. The van der Waals surface area contributed by atoms with Crippen molar-refractivity contribution in [2.24, 2.45) is 0 Å². The normalized spacial score (nSPS) is 12.0. The van der Waals surface area contributed by atoms with Gasteiger partial charge >= 0.3 is 0 Å². The SMILES string of the molecule is O=c1c(C(O)c2ccccc2)ccnn1Cc1ccccc1. The number of aliphatic hydroxyl groups excluding tert-OH is 1. The zero-order chi connectivity index (χ0) is 15.4. The molecule has 3 aromatic rings. The third kappa shape index (κ3) is 2.97. The molecule has 1 aromatic heterocycles. The summed E-state index contributed by atoms with van der Waals surface area (Å²) in [6.07, 6.45) is 0.602. The summed E-state index contributed by atoms with van der Waals surface area (Å²) >= 11 is 0. The zero-order valence-electron chi connectivity index (χ0n) is 12.0. The maximum Gasteiger partial charge on any atom is 0.273 e. The Morgan fingerprint density at radius 1 is 0.955 bits per heavy atom. The van der Waals surface area contributed by atoms with Crippen LogP contribution in [0.15, 0.2) is 77.7 Å². The van der Waals surface area contributed by atoms with Crippen LogP contribution in [0.5, 0.6) is 0 Å². The topological polar surface area (TPSA) is 55.1 Å². The first-order valence-corrected chi connectivity index (χ1v) is 7.08. The van der Waals surface area contributed by atoms with Gasteiger partial charge in [0.1, 0.15) is 6.10 Å². The van der Waals surface area contributed by atoms with Gasteiger partial charge in [0.2, 0.25) is 0 Å². The van der Waals surface area contributed by atoms with Crippen LogP contribution in [0.25, 0.3) is 0 Å². The molecule has 4 nitrogen and oxygen atoms in total. The first-order chi connectivity index (χ1) is 10.8. The molecule has 0 aliphatic heterocycles. The third-order valence-corrected chi connectivity index (χ3v) is 3.53. The highest BCUT2D eigenvalue weighted by Crippen LogP contribution is 2.18. The van der Waals surface area contributed by atoms with Crippen molar-refractivity contribution in [3.05, 3.63) is 100.0 Å². The van der Waals surface area contributed by atoms with Crippen LogP contribution in [0, 0.1) is 0 Å². The van der Waals surface area contributed by atoms with Crippen molar-refractivity contribution in [1.82, 2.24) is 9.78 Å². The minimum Gasteiger partial charge on any atom is -0.383 e. The monoisotopic (exact) mass is 292 g/mol. The van der Waals surface area contributed by atoms with Crippen molar-refractivity contribution in [3.8, 4) is 0 Å². The second kappa shape index (κ2) is 6.37. The lowest BCUT2D eigenvalue weighted by atomic mass is 10.0. The number of aliphatic hydroxyl groups is 1. The molecular formula is C18H16N2O2. The summed E-state index contributed by atoms with van der Waals surface area (Å²) < 4.78 is 1.37. The molecule has 0 radical (unpaired) electrons. The van der Waals surface area contributed by atoms with Crippen LogP contribution in [-0.2, 0) is 6.54 Å². The molecule has 1 N–H and O–H groups in total. The summed E-state index contributed by atoms with van der Waals surface area (Å²) in [5.41, 5.74) is 1.74. The maximum absolute atomic E-state index is 12.5. The van der Waals surface area contributed by atoms with Crippen LogP contribution in [0.4, 0.5) is 0 Å². The van der Waals surface area contributed by atoms with E-state index in [1.54, 1.807) is 24.4 Å². The Morgan fingerprint density at radius 2 is 1.59 bits per heavy atom. The van der Waals surface area contributed by atoms with Gasteiger partial charge in [0.15, 0.2) is 0 Å². The fourth-order valence-corrected chi connectivity index (χ4v) is 2.36. The molecule has 4 heteroatoms. The molecule has 0 spiro atoms. The molecule has 0 saturated heterocycles. The Bertz CT molecular complexity index is 798. The predicted molar refractivity (Wildman–Crippen MR) is 84.5 cm³/mol. The number of rotatable bonds is 4. The molecule has 0 aliphatic rings. The van der Waals surface area contributed by atoms with Gasteiger partial charge in [0.25, 0.3) is 5.56 Å². The van der Waals surface area contributed by atoms with Gasteiger partial charge in [-0.3, -0.25) is 4.79 Å². The van der Waals surface area contributed by atoms with E-state index < -0.39 is 6.10 Å². The highest BCUT2D eigenvalue weighted by Gasteiger charge is 2.15. The largest absolute Gasteiger partial charge is 0.383 e. The Hall–Kier alpha value is -2.72. The number of benzene rings is 2. The van der Waals surface area contributed by atoms with Gasteiger partial charge in [-0.15, -0.1) is 0 Å². The van der Waals surface area contributed by atoms with Crippen LogP contribution in [-0.4, -0.2) is 14.9 Å². The van der Waals surface area contributed by atoms with Gasteiger partial charge in [0.05, 0.1) is 12.1 Å². The smallest absolute Gasteiger partial charge is 0.273 e. The lowest BCUT2D eigenvalue weighted by Gasteiger charge is -2.12. The predicted octanol–water partition coefficient (Wildman–Crippen LogP) is 2.37. The minimum atomic E-state index is -0.946. The lowest BCUT2D eigenvalue weighted by Crippen LogP contribution is -2.28. The van der Waals surface area contributed by atoms with E-state index >= 15 is 0 Å². The molecule has 3 rings (SSSR count). The van der Waals surface area contributed by atoms with E-state index in [-0.39, 0.29) is 5.56 Å². The van der Waals surface area contributed by atoms with Crippen LogP contribution in [0.3, 0.4) is 0 Å². The van der Waals surface area contributed by atoms with E-state index in [9.17, 15) is 9.90 Å². The molecule has 0 bridgehead atoms. The Balaban J connectivity index is 1.94. The molecule has 0 fully saturated rings. The standard InChI is InChI=1S/C18H16N2O2/c21-17(15-9-5-2-6-10-15)16-11-12-19-20(18(16)22)13-14-7-3-1-4-8-14/h1-12,17,21H,13H2. The fourth-order valence-electron chi connectivity index (χ4n) is 2.36. The molecule has 1 atom stereocenters. The van der Waals surface area contributed by atoms with Crippen molar-refractivity contribution >= 4 is 0 Å². The highest BCUT2D eigenvalue weighted by atomic mass is 16.3. The quantitative estimate of drug-likeness (QED) is 0.803.